The maximum Gasteiger partial charge on any atom is 0.224 e. The van der Waals surface area contributed by atoms with Crippen LogP contribution >= 0.6 is 0 Å². The number of nitrogens with one attached hydrogen (secondary N) is 2. The van der Waals surface area contributed by atoms with E-state index < -0.39 is 0 Å². The Labute approximate surface area is 196 Å². The lowest BCUT2D eigenvalue weighted by molar-refractivity contribution is 0.191. The smallest absolute Gasteiger partial charge is 0.224 e. The molecule has 7 heteroatoms. The van der Waals surface area contributed by atoms with Gasteiger partial charge in [0.1, 0.15) is 11.6 Å². The van der Waals surface area contributed by atoms with Crippen LogP contribution in [-0.2, 0) is 6.42 Å². The van der Waals surface area contributed by atoms with Crippen LogP contribution in [0.15, 0.2) is 22.7 Å². The molecular formula is C26H37N5O2. The summed E-state index contributed by atoms with van der Waals surface area (Å²) in [5, 5.41) is 17.9. The van der Waals surface area contributed by atoms with Gasteiger partial charge >= 0.3 is 0 Å². The zero-order valence-electron chi connectivity index (χ0n) is 20.6. The van der Waals surface area contributed by atoms with Gasteiger partial charge in [0.2, 0.25) is 5.95 Å². The van der Waals surface area contributed by atoms with Crippen molar-refractivity contribution in [2.45, 2.75) is 60.4 Å². The fourth-order valence-electron chi connectivity index (χ4n) is 4.81. The van der Waals surface area contributed by atoms with Crippen LogP contribution in [0, 0.1) is 30.6 Å². The Morgan fingerprint density at radius 2 is 1.97 bits per heavy atom. The molecule has 3 N–H and O–H groups in total. The highest BCUT2D eigenvalue weighted by molar-refractivity contribution is 5.86. The van der Waals surface area contributed by atoms with Crippen molar-refractivity contribution in [2.75, 3.05) is 23.8 Å². The first-order valence-corrected chi connectivity index (χ1v) is 12.2. The third-order valence-electron chi connectivity index (χ3n) is 7.15. The van der Waals surface area contributed by atoms with Gasteiger partial charge in [-0.3, -0.25) is 4.98 Å². The molecule has 0 bridgehead atoms. The van der Waals surface area contributed by atoms with Crippen molar-refractivity contribution >= 4 is 22.7 Å². The second-order valence-corrected chi connectivity index (χ2v) is 9.96. The predicted molar refractivity (Wildman–Crippen MR) is 133 cm³/mol. The van der Waals surface area contributed by atoms with E-state index in [4.69, 9.17) is 14.4 Å². The SMILES string of the molecule is CCc1cc2cc(-c3c(C)nc(NCC(C)C)nc3NC3CC(CO)C(C)C3C)oc2cn1. The number of aliphatic hydroxyl groups is 1. The molecule has 1 saturated carbocycles. The molecule has 0 amide bonds. The summed E-state index contributed by atoms with van der Waals surface area (Å²) < 4.78 is 6.22. The summed E-state index contributed by atoms with van der Waals surface area (Å²) in [5.41, 5.74) is 3.54. The van der Waals surface area contributed by atoms with Crippen LogP contribution in [0.2, 0.25) is 0 Å². The number of aryl methyl sites for hydroxylation is 2. The average Bonchev–Trinajstić information content (AvgIpc) is 3.32. The standard InChI is InChI=1S/C26H37N5O2/c1-7-20-8-18-10-22(33-23(18)12-27-20)24-17(6)29-26(28-11-14(2)3)31-25(24)30-21-9-19(13-32)15(4)16(21)5/h8,10,12,14-16,19,21,32H,7,9,11,13H2,1-6H3,(H2,28,29,30,31). The molecule has 3 heterocycles. The monoisotopic (exact) mass is 451 g/mol. The molecule has 4 atom stereocenters. The number of hydrogen-bond donors (Lipinski definition) is 3. The van der Waals surface area contributed by atoms with Crippen molar-refractivity contribution in [1.82, 2.24) is 15.0 Å². The Kier molecular flexibility index (Phi) is 6.88. The van der Waals surface area contributed by atoms with Crippen LogP contribution in [0.1, 0.15) is 52.4 Å². The molecule has 1 aliphatic rings. The minimum Gasteiger partial charge on any atom is -0.454 e. The second kappa shape index (κ2) is 9.67. The van der Waals surface area contributed by atoms with E-state index in [0.29, 0.717) is 29.6 Å². The van der Waals surface area contributed by atoms with E-state index in [1.165, 1.54) is 0 Å². The molecule has 4 rings (SSSR count). The number of pyridine rings is 1. The van der Waals surface area contributed by atoms with Gasteiger partial charge in [0, 0.05) is 30.3 Å². The van der Waals surface area contributed by atoms with E-state index in [2.05, 4.69) is 62.4 Å². The number of nitrogens with zero attached hydrogens (tertiary/aromatic N) is 3. The third kappa shape index (κ3) is 4.83. The van der Waals surface area contributed by atoms with Crippen molar-refractivity contribution in [3.05, 3.63) is 29.7 Å². The Morgan fingerprint density at radius 1 is 1.18 bits per heavy atom. The maximum absolute atomic E-state index is 9.82. The number of furan rings is 1. The molecule has 3 aromatic rings. The van der Waals surface area contributed by atoms with Gasteiger partial charge in [0.15, 0.2) is 5.58 Å². The van der Waals surface area contributed by atoms with Crippen LogP contribution in [0.5, 0.6) is 0 Å². The topological polar surface area (TPSA) is 96.1 Å². The van der Waals surface area contributed by atoms with Gasteiger partial charge in [-0.1, -0.05) is 34.6 Å². The van der Waals surface area contributed by atoms with Gasteiger partial charge < -0.3 is 20.2 Å². The third-order valence-corrected chi connectivity index (χ3v) is 7.15. The molecule has 0 aromatic carbocycles. The van der Waals surface area contributed by atoms with E-state index in [1.54, 1.807) is 6.20 Å². The van der Waals surface area contributed by atoms with Gasteiger partial charge in [-0.05, 0) is 55.6 Å². The summed E-state index contributed by atoms with van der Waals surface area (Å²) in [7, 11) is 0. The molecule has 0 aliphatic heterocycles. The molecule has 3 aromatic heterocycles. The summed E-state index contributed by atoms with van der Waals surface area (Å²) in [6.45, 7) is 13.9. The highest BCUT2D eigenvalue weighted by Crippen LogP contribution is 2.40. The largest absolute Gasteiger partial charge is 0.454 e. The molecule has 33 heavy (non-hydrogen) atoms. The molecular weight excluding hydrogens is 414 g/mol. The van der Waals surface area contributed by atoms with Gasteiger partial charge in [-0.25, -0.2) is 4.98 Å². The molecule has 1 fully saturated rings. The molecule has 0 spiro atoms. The fourth-order valence-corrected chi connectivity index (χ4v) is 4.81. The Morgan fingerprint density at radius 3 is 2.64 bits per heavy atom. The van der Waals surface area contributed by atoms with Gasteiger partial charge in [0.25, 0.3) is 0 Å². The van der Waals surface area contributed by atoms with Gasteiger partial charge in [-0.15, -0.1) is 0 Å². The van der Waals surface area contributed by atoms with Crippen LogP contribution in [0.25, 0.3) is 22.3 Å². The molecule has 0 saturated heterocycles. The molecule has 7 nitrogen and oxygen atoms in total. The molecule has 1 aliphatic carbocycles. The number of hydrogen-bond acceptors (Lipinski definition) is 7. The van der Waals surface area contributed by atoms with Crippen LogP contribution in [0.3, 0.4) is 0 Å². The van der Waals surface area contributed by atoms with E-state index in [0.717, 1.165) is 58.9 Å². The average molecular weight is 452 g/mol. The fraction of sp³-hybridized carbons (Fsp3) is 0.577. The lowest BCUT2D eigenvalue weighted by atomic mass is 9.92. The second-order valence-electron chi connectivity index (χ2n) is 9.96. The Hall–Kier alpha value is -2.67. The van der Waals surface area contributed by atoms with E-state index in [9.17, 15) is 5.11 Å². The highest BCUT2D eigenvalue weighted by atomic mass is 16.3. The Balaban J connectivity index is 1.75. The van der Waals surface area contributed by atoms with Crippen LogP contribution in [-0.4, -0.2) is 39.3 Å². The van der Waals surface area contributed by atoms with Gasteiger partial charge in [0.05, 0.1) is 17.5 Å². The highest BCUT2D eigenvalue weighted by Gasteiger charge is 2.38. The quantitative estimate of drug-likeness (QED) is 0.428. The van der Waals surface area contributed by atoms with Crippen molar-refractivity contribution in [1.29, 1.82) is 0 Å². The van der Waals surface area contributed by atoms with E-state index >= 15 is 0 Å². The van der Waals surface area contributed by atoms with Crippen molar-refractivity contribution in [3.8, 4) is 11.3 Å². The minimum absolute atomic E-state index is 0.219. The first kappa shape index (κ1) is 23.5. The number of aromatic nitrogens is 3. The maximum atomic E-state index is 9.82. The van der Waals surface area contributed by atoms with E-state index in [1.807, 2.05) is 6.92 Å². The zero-order chi connectivity index (χ0) is 23.7. The lowest BCUT2D eigenvalue weighted by Crippen LogP contribution is -2.25. The summed E-state index contributed by atoms with van der Waals surface area (Å²) in [6, 6.07) is 4.36. The number of aliphatic hydroxyl groups excluding tert-OH is 1. The number of fused-ring (bicyclic) bond motifs is 1. The summed E-state index contributed by atoms with van der Waals surface area (Å²) >= 11 is 0. The summed E-state index contributed by atoms with van der Waals surface area (Å²) in [5.74, 6) is 3.79. The van der Waals surface area contributed by atoms with Crippen LogP contribution in [0.4, 0.5) is 11.8 Å². The Bertz CT molecular complexity index is 1110. The van der Waals surface area contributed by atoms with Crippen molar-refractivity contribution < 1.29 is 9.52 Å². The summed E-state index contributed by atoms with van der Waals surface area (Å²) in [6.07, 6.45) is 3.59. The predicted octanol–water partition coefficient (Wildman–Crippen LogP) is 5.29. The first-order chi connectivity index (χ1) is 15.8. The molecule has 0 radical (unpaired) electrons. The lowest BCUT2D eigenvalue weighted by Gasteiger charge is -2.22. The normalized spacial score (nSPS) is 22.9. The minimum atomic E-state index is 0.219. The first-order valence-electron chi connectivity index (χ1n) is 12.2. The van der Waals surface area contributed by atoms with Crippen molar-refractivity contribution in [3.63, 3.8) is 0 Å². The van der Waals surface area contributed by atoms with Crippen molar-refractivity contribution in [2.24, 2.45) is 23.7 Å². The molecule has 4 unspecified atom stereocenters. The molecule has 178 valence electrons. The number of anilines is 2. The van der Waals surface area contributed by atoms with Crippen LogP contribution < -0.4 is 10.6 Å². The number of rotatable bonds is 8. The zero-order valence-corrected chi connectivity index (χ0v) is 20.6. The van der Waals surface area contributed by atoms with E-state index in [-0.39, 0.29) is 12.6 Å². The summed E-state index contributed by atoms with van der Waals surface area (Å²) in [4.78, 5) is 14.1. The van der Waals surface area contributed by atoms with Gasteiger partial charge in [-0.2, -0.15) is 4.98 Å².